The highest BCUT2D eigenvalue weighted by molar-refractivity contribution is 6.69. The molecule has 0 bridgehead atoms. The Morgan fingerprint density at radius 3 is 2.44 bits per heavy atom. The second kappa shape index (κ2) is 6.02. The maximum Gasteiger partial charge on any atom is 0.182 e. The van der Waals surface area contributed by atoms with Gasteiger partial charge in [-0.2, -0.15) is 0 Å². The highest BCUT2D eigenvalue weighted by Gasteiger charge is 2.17. The van der Waals surface area contributed by atoms with E-state index in [-0.39, 0.29) is 0 Å². The van der Waals surface area contributed by atoms with Gasteiger partial charge in [0.15, 0.2) is 8.32 Å². The molecule has 2 heteroatoms. The number of allylic oxidation sites excluding steroid dienone is 1. The lowest BCUT2D eigenvalue weighted by molar-refractivity contribution is 0.539. The van der Waals surface area contributed by atoms with Crippen LogP contribution in [0, 0.1) is 0 Å². The van der Waals surface area contributed by atoms with E-state index in [9.17, 15) is 4.80 Å². The van der Waals surface area contributed by atoms with Gasteiger partial charge in [0.1, 0.15) is 0 Å². The standard InChI is InChI=1S/C14H22OSi/c1-4-13(11-8-12-16(2,3)15)14-9-6-5-7-10-14/h4-7,9-10,13,15H,1,8,11-12H2,2-3H3. The monoisotopic (exact) mass is 234 g/mol. The predicted molar refractivity (Wildman–Crippen MR) is 73.1 cm³/mol. The van der Waals surface area contributed by atoms with E-state index in [1.807, 2.05) is 25.2 Å². The van der Waals surface area contributed by atoms with Gasteiger partial charge in [0.25, 0.3) is 0 Å². The van der Waals surface area contributed by atoms with Crippen molar-refractivity contribution in [2.24, 2.45) is 0 Å². The minimum absolute atomic E-state index is 0.428. The first-order valence-corrected chi connectivity index (χ1v) is 9.08. The number of hydrogen-bond acceptors (Lipinski definition) is 1. The quantitative estimate of drug-likeness (QED) is 0.584. The lowest BCUT2D eigenvalue weighted by atomic mass is 9.95. The van der Waals surface area contributed by atoms with Gasteiger partial charge in [0, 0.05) is 5.92 Å². The smallest absolute Gasteiger partial charge is 0.182 e. The van der Waals surface area contributed by atoms with Crippen molar-refractivity contribution in [3.8, 4) is 0 Å². The maximum atomic E-state index is 9.79. The van der Waals surface area contributed by atoms with Gasteiger partial charge >= 0.3 is 0 Å². The van der Waals surface area contributed by atoms with Crippen molar-refractivity contribution in [3.05, 3.63) is 48.6 Å². The van der Waals surface area contributed by atoms with Gasteiger partial charge < -0.3 is 4.80 Å². The lowest BCUT2D eigenvalue weighted by Crippen LogP contribution is -2.24. The molecule has 0 fully saturated rings. The van der Waals surface area contributed by atoms with Crippen LogP contribution in [0.5, 0.6) is 0 Å². The van der Waals surface area contributed by atoms with Gasteiger partial charge in [0.05, 0.1) is 0 Å². The summed E-state index contributed by atoms with van der Waals surface area (Å²) >= 11 is 0. The second-order valence-corrected chi connectivity index (χ2v) is 9.08. The zero-order valence-electron chi connectivity index (χ0n) is 10.3. The van der Waals surface area contributed by atoms with E-state index in [1.54, 1.807) is 0 Å². The molecule has 88 valence electrons. The summed E-state index contributed by atoms with van der Waals surface area (Å²) < 4.78 is 0. The first-order chi connectivity index (χ1) is 7.53. The van der Waals surface area contributed by atoms with Crippen LogP contribution in [-0.2, 0) is 0 Å². The van der Waals surface area contributed by atoms with Crippen LogP contribution in [0.2, 0.25) is 19.1 Å². The molecule has 1 rings (SSSR count). The van der Waals surface area contributed by atoms with Crippen molar-refractivity contribution in [3.63, 3.8) is 0 Å². The summed E-state index contributed by atoms with van der Waals surface area (Å²) in [5, 5.41) is 0. The number of benzene rings is 1. The molecule has 0 saturated carbocycles. The van der Waals surface area contributed by atoms with Crippen molar-refractivity contribution < 1.29 is 4.80 Å². The van der Waals surface area contributed by atoms with Gasteiger partial charge in [-0.15, -0.1) is 6.58 Å². The Morgan fingerprint density at radius 1 is 1.31 bits per heavy atom. The van der Waals surface area contributed by atoms with Crippen molar-refractivity contribution in [2.45, 2.75) is 37.9 Å². The molecule has 0 spiro atoms. The van der Waals surface area contributed by atoms with Crippen LogP contribution in [0.25, 0.3) is 0 Å². The van der Waals surface area contributed by atoms with Crippen molar-refractivity contribution in [1.29, 1.82) is 0 Å². The lowest BCUT2D eigenvalue weighted by Gasteiger charge is -2.16. The molecule has 1 N–H and O–H groups in total. The van der Waals surface area contributed by atoms with E-state index in [1.165, 1.54) is 5.56 Å². The summed E-state index contributed by atoms with van der Waals surface area (Å²) in [6.45, 7) is 7.90. The summed E-state index contributed by atoms with van der Waals surface area (Å²) in [4.78, 5) is 9.79. The van der Waals surface area contributed by atoms with Gasteiger partial charge in [-0.05, 0) is 31.1 Å². The molecule has 0 aromatic heterocycles. The van der Waals surface area contributed by atoms with Gasteiger partial charge in [0.2, 0.25) is 0 Å². The summed E-state index contributed by atoms with van der Waals surface area (Å²) in [5.74, 6) is 0.428. The topological polar surface area (TPSA) is 20.2 Å². The Bertz CT molecular complexity index is 313. The third-order valence-corrected chi connectivity index (χ3v) is 4.39. The average molecular weight is 234 g/mol. The summed E-state index contributed by atoms with van der Waals surface area (Å²) in [6, 6.07) is 11.4. The molecule has 1 unspecified atom stereocenters. The van der Waals surface area contributed by atoms with E-state index in [0.717, 1.165) is 18.9 Å². The first kappa shape index (κ1) is 13.2. The van der Waals surface area contributed by atoms with E-state index >= 15 is 0 Å². The fourth-order valence-electron chi connectivity index (χ4n) is 1.88. The van der Waals surface area contributed by atoms with Crippen LogP contribution in [0.15, 0.2) is 43.0 Å². The second-order valence-electron chi connectivity index (χ2n) is 4.96. The number of hydrogen-bond donors (Lipinski definition) is 1. The zero-order chi connectivity index (χ0) is 12.0. The van der Waals surface area contributed by atoms with Crippen LogP contribution in [0.3, 0.4) is 0 Å². The van der Waals surface area contributed by atoms with Gasteiger partial charge in [-0.25, -0.2) is 0 Å². The molecule has 1 atom stereocenters. The Morgan fingerprint density at radius 2 is 1.94 bits per heavy atom. The minimum Gasteiger partial charge on any atom is -0.432 e. The van der Waals surface area contributed by atoms with E-state index in [2.05, 4.69) is 30.8 Å². The van der Waals surface area contributed by atoms with Crippen LogP contribution in [-0.4, -0.2) is 13.1 Å². The van der Waals surface area contributed by atoms with E-state index in [0.29, 0.717) is 5.92 Å². The average Bonchev–Trinajstić information content (AvgIpc) is 2.24. The molecule has 16 heavy (non-hydrogen) atoms. The fraction of sp³-hybridized carbons (Fsp3) is 0.429. The molecule has 0 heterocycles. The Labute approximate surface area is 100.0 Å². The molecular weight excluding hydrogens is 212 g/mol. The molecule has 0 aliphatic heterocycles. The largest absolute Gasteiger partial charge is 0.432 e. The molecule has 0 saturated heterocycles. The fourth-order valence-corrected chi connectivity index (χ4v) is 2.94. The third-order valence-electron chi connectivity index (χ3n) is 2.82. The molecule has 0 amide bonds. The molecule has 1 nitrogen and oxygen atoms in total. The number of rotatable bonds is 6. The molecule has 1 aromatic rings. The van der Waals surface area contributed by atoms with Gasteiger partial charge in [-0.1, -0.05) is 42.8 Å². The normalized spacial score (nSPS) is 13.4. The van der Waals surface area contributed by atoms with Crippen LogP contribution in [0.1, 0.15) is 24.3 Å². The highest BCUT2D eigenvalue weighted by Crippen LogP contribution is 2.24. The molecule has 0 aliphatic carbocycles. The molecular formula is C14H22OSi. The van der Waals surface area contributed by atoms with Crippen molar-refractivity contribution >= 4 is 8.32 Å². The maximum absolute atomic E-state index is 9.79. The summed E-state index contributed by atoms with van der Waals surface area (Å²) in [5.41, 5.74) is 1.33. The molecule has 0 radical (unpaired) electrons. The van der Waals surface area contributed by atoms with Crippen molar-refractivity contribution in [1.82, 2.24) is 0 Å². The Hall–Kier alpha value is -0.863. The Kier molecular flexibility index (Phi) is 4.96. The predicted octanol–water partition coefficient (Wildman–Crippen LogP) is 3.93. The SMILES string of the molecule is C=CC(CCC[Si](C)(C)O)c1ccccc1. The van der Waals surface area contributed by atoms with Crippen molar-refractivity contribution in [2.75, 3.05) is 0 Å². The molecule has 0 aliphatic rings. The highest BCUT2D eigenvalue weighted by atomic mass is 28.4. The van der Waals surface area contributed by atoms with Crippen LogP contribution in [0.4, 0.5) is 0 Å². The Balaban J connectivity index is 2.48. The van der Waals surface area contributed by atoms with E-state index < -0.39 is 8.32 Å². The summed E-state index contributed by atoms with van der Waals surface area (Å²) in [6.07, 6.45) is 4.19. The zero-order valence-corrected chi connectivity index (χ0v) is 11.3. The molecule has 1 aromatic carbocycles. The van der Waals surface area contributed by atoms with Crippen LogP contribution >= 0.6 is 0 Å². The summed E-state index contributed by atoms with van der Waals surface area (Å²) in [7, 11) is -1.87. The van der Waals surface area contributed by atoms with Crippen LogP contribution < -0.4 is 0 Å². The van der Waals surface area contributed by atoms with E-state index in [4.69, 9.17) is 0 Å². The first-order valence-electron chi connectivity index (χ1n) is 5.93. The van der Waals surface area contributed by atoms with Gasteiger partial charge in [-0.3, -0.25) is 0 Å². The minimum atomic E-state index is -1.87. The third kappa shape index (κ3) is 4.77.